The molecular weight excluding hydrogens is 254 g/mol. The number of carbonyl (C=O) groups excluding carboxylic acids is 1. The standard InChI is InChI=1S/C15H19N3O2/c1-2-6-15(20)10-18(11-15)9-14(19)17-13-5-3-4-12(7-13)8-16/h3-5,7,20H,2,6,9-11H2,1H3,(H,17,19). The molecule has 0 aliphatic carbocycles. The molecule has 0 bridgehead atoms. The zero-order chi connectivity index (χ0) is 14.6. The molecule has 2 rings (SSSR count). The van der Waals surface area contributed by atoms with Gasteiger partial charge in [0.1, 0.15) is 0 Å². The van der Waals surface area contributed by atoms with Gasteiger partial charge in [-0.15, -0.1) is 0 Å². The molecule has 5 heteroatoms. The molecule has 1 amide bonds. The van der Waals surface area contributed by atoms with E-state index >= 15 is 0 Å². The van der Waals surface area contributed by atoms with Gasteiger partial charge in [0.2, 0.25) is 5.91 Å². The van der Waals surface area contributed by atoms with Gasteiger partial charge in [0.25, 0.3) is 0 Å². The quantitative estimate of drug-likeness (QED) is 0.849. The van der Waals surface area contributed by atoms with Crippen molar-refractivity contribution < 1.29 is 9.90 Å². The van der Waals surface area contributed by atoms with E-state index < -0.39 is 5.60 Å². The molecule has 1 aromatic rings. The highest BCUT2D eigenvalue weighted by Gasteiger charge is 2.40. The zero-order valence-corrected chi connectivity index (χ0v) is 11.6. The normalized spacial score (nSPS) is 17.1. The molecule has 0 aromatic heterocycles. The number of nitrogens with zero attached hydrogens (tertiary/aromatic N) is 2. The minimum Gasteiger partial charge on any atom is -0.387 e. The SMILES string of the molecule is CCCC1(O)CN(CC(=O)Nc2cccc(C#N)c2)C1. The Morgan fingerprint density at radius 3 is 2.95 bits per heavy atom. The van der Waals surface area contributed by atoms with Crippen molar-refractivity contribution in [2.75, 3.05) is 25.0 Å². The Morgan fingerprint density at radius 1 is 1.55 bits per heavy atom. The number of nitriles is 1. The van der Waals surface area contributed by atoms with E-state index in [-0.39, 0.29) is 12.5 Å². The van der Waals surface area contributed by atoms with E-state index in [2.05, 4.69) is 5.32 Å². The van der Waals surface area contributed by atoms with E-state index in [1.165, 1.54) is 0 Å². The molecule has 2 N–H and O–H groups in total. The van der Waals surface area contributed by atoms with Crippen LogP contribution >= 0.6 is 0 Å². The molecule has 1 fully saturated rings. The lowest BCUT2D eigenvalue weighted by Crippen LogP contribution is -2.62. The van der Waals surface area contributed by atoms with E-state index in [1.807, 2.05) is 17.9 Å². The summed E-state index contributed by atoms with van der Waals surface area (Å²) < 4.78 is 0. The van der Waals surface area contributed by atoms with Crippen molar-refractivity contribution in [2.24, 2.45) is 0 Å². The molecule has 20 heavy (non-hydrogen) atoms. The van der Waals surface area contributed by atoms with E-state index in [4.69, 9.17) is 5.26 Å². The summed E-state index contributed by atoms with van der Waals surface area (Å²) in [7, 11) is 0. The summed E-state index contributed by atoms with van der Waals surface area (Å²) in [5.41, 5.74) is 0.526. The maximum absolute atomic E-state index is 11.9. The molecule has 0 spiro atoms. The van der Waals surface area contributed by atoms with Crippen molar-refractivity contribution in [1.82, 2.24) is 4.90 Å². The number of carbonyl (C=O) groups is 1. The third-order valence-corrected chi connectivity index (χ3v) is 3.39. The fourth-order valence-electron chi connectivity index (χ4n) is 2.59. The number of anilines is 1. The predicted octanol–water partition coefficient (Wildman–Crippen LogP) is 1.34. The molecule has 0 unspecified atom stereocenters. The van der Waals surface area contributed by atoms with E-state index in [9.17, 15) is 9.90 Å². The first-order valence-electron chi connectivity index (χ1n) is 6.79. The van der Waals surface area contributed by atoms with Crippen molar-refractivity contribution in [3.05, 3.63) is 29.8 Å². The lowest BCUT2D eigenvalue weighted by Gasteiger charge is -2.46. The molecule has 0 saturated carbocycles. The summed E-state index contributed by atoms with van der Waals surface area (Å²) in [4.78, 5) is 13.8. The molecule has 106 valence electrons. The van der Waals surface area contributed by atoms with Gasteiger partial charge in [0, 0.05) is 18.8 Å². The van der Waals surface area contributed by atoms with Crippen LogP contribution in [-0.4, -0.2) is 41.1 Å². The van der Waals surface area contributed by atoms with E-state index in [0.29, 0.717) is 24.3 Å². The lowest BCUT2D eigenvalue weighted by molar-refractivity contribution is -0.129. The van der Waals surface area contributed by atoms with Crippen LogP contribution < -0.4 is 5.32 Å². The third kappa shape index (κ3) is 3.56. The Kier molecular flexibility index (Phi) is 4.38. The van der Waals surface area contributed by atoms with Crippen LogP contribution in [0.15, 0.2) is 24.3 Å². The van der Waals surface area contributed by atoms with Gasteiger partial charge in [-0.1, -0.05) is 19.4 Å². The summed E-state index contributed by atoms with van der Waals surface area (Å²) in [6.07, 6.45) is 1.72. The fourth-order valence-corrected chi connectivity index (χ4v) is 2.59. The molecule has 1 aliphatic heterocycles. The highest BCUT2D eigenvalue weighted by Crippen LogP contribution is 2.25. The van der Waals surface area contributed by atoms with Crippen LogP contribution in [0.25, 0.3) is 0 Å². The van der Waals surface area contributed by atoms with Gasteiger partial charge in [-0.3, -0.25) is 9.69 Å². The van der Waals surface area contributed by atoms with Crippen molar-refractivity contribution in [3.63, 3.8) is 0 Å². The number of hydrogen-bond acceptors (Lipinski definition) is 4. The highest BCUT2D eigenvalue weighted by atomic mass is 16.3. The van der Waals surface area contributed by atoms with Crippen molar-refractivity contribution in [3.8, 4) is 6.07 Å². The summed E-state index contributed by atoms with van der Waals surface area (Å²) in [6, 6.07) is 8.85. The van der Waals surface area contributed by atoms with Crippen LogP contribution in [0, 0.1) is 11.3 Å². The molecule has 1 aliphatic rings. The molecule has 1 heterocycles. The van der Waals surface area contributed by atoms with Crippen LogP contribution in [-0.2, 0) is 4.79 Å². The van der Waals surface area contributed by atoms with Gasteiger partial charge in [-0.25, -0.2) is 0 Å². The number of nitrogens with one attached hydrogen (secondary N) is 1. The lowest BCUT2D eigenvalue weighted by atomic mass is 9.89. The Morgan fingerprint density at radius 2 is 2.30 bits per heavy atom. The maximum Gasteiger partial charge on any atom is 0.238 e. The van der Waals surface area contributed by atoms with Crippen molar-refractivity contribution >= 4 is 11.6 Å². The minimum atomic E-state index is -0.615. The second-order valence-electron chi connectivity index (χ2n) is 5.36. The molecule has 5 nitrogen and oxygen atoms in total. The van der Waals surface area contributed by atoms with E-state index in [0.717, 1.165) is 12.8 Å². The number of hydrogen-bond donors (Lipinski definition) is 2. The number of likely N-dealkylation sites (tertiary alicyclic amines) is 1. The fraction of sp³-hybridized carbons (Fsp3) is 0.467. The number of benzene rings is 1. The molecule has 1 aromatic carbocycles. The Balaban J connectivity index is 1.81. The van der Waals surface area contributed by atoms with Gasteiger partial charge < -0.3 is 10.4 Å². The van der Waals surface area contributed by atoms with Crippen LogP contribution in [0.3, 0.4) is 0 Å². The Labute approximate surface area is 118 Å². The first-order chi connectivity index (χ1) is 9.54. The number of β-amino-alcohol motifs (C(OH)–C–C–N with tert-alkyl or cyclic N) is 1. The summed E-state index contributed by atoms with van der Waals surface area (Å²) in [6.45, 7) is 3.40. The maximum atomic E-state index is 11.9. The second-order valence-corrected chi connectivity index (χ2v) is 5.36. The number of rotatable bonds is 5. The van der Waals surface area contributed by atoms with E-state index in [1.54, 1.807) is 24.3 Å². The Hall–Kier alpha value is -1.90. The van der Waals surface area contributed by atoms with Gasteiger partial charge in [-0.05, 0) is 24.6 Å². The molecule has 0 radical (unpaired) electrons. The number of amides is 1. The second kappa shape index (κ2) is 6.04. The first-order valence-corrected chi connectivity index (χ1v) is 6.79. The molecule has 1 saturated heterocycles. The van der Waals surface area contributed by atoms with Crippen LogP contribution in [0.1, 0.15) is 25.3 Å². The smallest absolute Gasteiger partial charge is 0.238 e. The minimum absolute atomic E-state index is 0.126. The predicted molar refractivity (Wildman–Crippen MR) is 76.1 cm³/mol. The monoisotopic (exact) mass is 273 g/mol. The van der Waals surface area contributed by atoms with Gasteiger partial charge in [-0.2, -0.15) is 5.26 Å². The van der Waals surface area contributed by atoms with Gasteiger partial charge in [0.05, 0.1) is 23.8 Å². The molecule has 0 atom stereocenters. The largest absolute Gasteiger partial charge is 0.387 e. The topological polar surface area (TPSA) is 76.4 Å². The van der Waals surface area contributed by atoms with Crippen molar-refractivity contribution in [2.45, 2.75) is 25.4 Å². The van der Waals surface area contributed by atoms with Gasteiger partial charge in [0.15, 0.2) is 0 Å². The van der Waals surface area contributed by atoms with Gasteiger partial charge >= 0.3 is 0 Å². The van der Waals surface area contributed by atoms with Crippen LogP contribution in [0.4, 0.5) is 5.69 Å². The summed E-state index contributed by atoms with van der Waals surface area (Å²) in [5.74, 6) is -0.126. The number of aliphatic hydroxyl groups is 1. The first kappa shape index (κ1) is 14.5. The van der Waals surface area contributed by atoms with Crippen molar-refractivity contribution in [1.29, 1.82) is 5.26 Å². The zero-order valence-electron chi connectivity index (χ0n) is 11.6. The van der Waals surface area contributed by atoms with Crippen LogP contribution in [0.5, 0.6) is 0 Å². The average molecular weight is 273 g/mol. The highest BCUT2D eigenvalue weighted by molar-refractivity contribution is 5.92. The average Bonchev–Trinajstić information content (AvgIpc) is 2.37. The third-order valence-electron chi connectivity index (χ3n) is 3.39. The summed E-state index contributed by atoms with van der Waals surface area (Å²) in [5, 5.41) is 21.6. The molecular formula is C15H19N3O2. The summed E-state index contributed by atoms with van der Waals surface area (Å²) >= 11 is 0. The van der Waals surface area contributed by atoms with Crippen LogP contribution in [0.2, 0.25) is 0 Å². The Bertz CT molecular complexity index is 530.